The fourth-order valence-electron chi connectivity index (χ4n) is 3.77. The second kappa shape index (κ2) is 9.57. The highest BCUT2D eigenvalue weighted by Crippen LogP contribution is 2.27. The van der Waals surface area contributed by atoms with Crippen molar-refractivity contribution in [3.8, 4) is 6.07 Å². The molecule has 2 heterocycles. The quantitative estimate of drug-likeness (QED) is 0.411. The molecule has 31 heavy (non-hydrogen) atoms. The Morgan fingerprint density at radius 2 is 2.13 bits per heavy atom. The van der Waals surface area contributed by atoms with Gasteiger partial charge < -0.3 is 14.6 Å². The van der Waals surface area contributed by atoms with Gasteiger partial charge in [-0.3, -0.25) is 4.79 Å². The third-order valence-electron chi connectivity index (χ3n) is 5.35. The van der Waals surface area contributed by atoms with Gasteiger partial charge >= 0.3 is 0 Å². The number of fused-ring (bicyclic) bond motifs is 1. The molecule has 1 saturated heterocycles. The average Bonchev–Trinajstić information content (AvgIpc) is 3.41. The van der Waals surface area contributed by atoms with Crippen molar-refractivity contribution in [2.24, 2.45) is 0 Å². The topological polar surface area (TPSA) is 67.0 Å². The molecule has 1 atom stereocenters. The Kier molecular flexibility index (Phi) is 6.62. The number of nitrogens with one attached hydrogen (secondary N) is 1. The first kappa shape index (κ1) is 21.5. The molecule has 1 N–H and O–H groups in total. The number of ether oxygens (including phenoxy) is 1. The van der Waals surface area contributed by atoms with E-state index in [9.17, 15) is 10.1 Å². The summed E-state index contributed by atoms with van der Waals surface area (Å²) in [6, 6.07) is 15.3. The van der Waals surface area contributed by atoms with E-state index < -0.39 is 5.91 Å². The number of amides is 1. The van der Waals surface area contributed by atoms with Crippen molar-refractivity contribution in [3.63, 3.8) is 0 Å². The standard InChI is InChI=1S/C24H21Cl2N3O2/c25-19-8-7-16(22(26)11-19)14-29-15-18(21-5-1-2-6-23(21)29)10-17(12-27)24(30)28-13-20-4-3-9-31-20/h1-2,5-8,10-11,15,20H,3-4,9,13-14H2,(H,28,30)/b17-10-. The van der Waals surface area contributed by atoms with E-state index in [4.69, 9.17) is 27.9 Å². The van der Waals surface area contributed by atoms with Crippen LogP contribution in [0, 0.1) is 11.3 Å². The summed E-state index contributed by atoms with van der Waals surface area (Å²) < 4.78 is 7.58. The molecule has 0 bridgehead atoms. The van der Waals surface area contributed by atoms with Gasteiger partial charge in [0.05, 0.1) is 6.10 Å². The second-order valence-electron chi connectivity index (χ2n) is 7.48. The van der Waals surface area contributed by atoms with Gasteiger partial charge in [0.2, 0.25) is 0 Å². The normalized spacial score (nSPS) is 16.4. The van der Waals surface area contributed by atoms with Crippen molar-refractivity contribution in [3.05, 3.63) is 75.4 Å². The van der Waals surface area contributed by atoms with Crippen LogP contribution in [0.15, 0.2) is 54.2 Å². The van der Waals surface area contributed by atoms with Crippen LogP contribution in [-0.2, 0) is 16.1 Å². The van der Waals surface area contributed by atoms with Crippen LogP contribution in [0.1, 0.15) is 24.0 Å². The lowest BCUT2D eigenvalue weighted by atomic mass is 10.1. The lowest BCUT2D eigenvalue weighted by molar-refractivity contribution is -0.117. The Morgan fingerprint density at radius 3 is 2.87 bits per heavy atom. The van der Waals surface area contributed by atoms with Crippen LogP contribution in [0.5, 0.6) is 0 Å². The van der Waals surface area contributed by atoms with Gasteiger partial charge in [0, 0.05) is 52.4 Å². The number of carbonyl (C=O) groups excluding carboxylic acids is 1. The zero-order chi connectivity index (χ0) is 21.8. The first-order chi connectivity index (χ1) is 15.0. The van der Waals surface area contributed by atoms with E-state index in [0.29, 0.717) is 23.1 Å². The van der Waals surface area contributed by atoms with Crippen molar-refractivity contribution in [1.82, 2.24) is 9.88 Å². The highest BCUT2D eigenvalue weighted by atomic mass is 35.5. The van der Waals surface area contributed by atoms with Crippen LogP contribution in [-0.4, -0.2) is 29.7 Å². The van der Waals surface area contributed by atoms with Gasteiger partial charge in [0.15, 0.2) is 0 Å². The number of nitriles is 1. The average molecular weight is 454 g/mol. The predicted molar refractivity (Wildman–Crippen MR) is 123 cm³/mol. The maximum absolute atomic E-state index is 12.6. The molecule has 1 fully saturated rings. The number of halogens is 2. The van der Waals surface area contributed by atoms with Crippen molar-refractivity contribution in [2.75, 3.05) is 13.2 Å². The Hall–Kier alpha value is -2.78. The molecule has 1 aromatic heterocycles. The maximum atomic E-state index is 12.6. The molecule has 1 aliphatic rings. The van der Waals surface area contributed by atoms with Crippen molar-refractivity contribution >= 4 is 46.1 Å². The molecular formula is C24H21Cl2N3O2. The van der Waals surface area contributed by atoms with Crippen LogP contribution in [0.4, 0.5) is 0 Å². The summed E-state index contributed by atoms with van der Waals surface area (Å²) in [6.45, 7) is 1.67. The minimum atomic E-state index is -0.393. The molecule has 1 unspecified atom stereocenters. The molecular weight excluding hydrogens is 433 g/mol. The van der Waals surface area contributed by atoms with Gasteiger partial charge in [0.1, 0.15) is 11.6 Å². The summed E-state index contributed by atoms with van der Waals surface area (Å²) in [7, 11) is 0. The van der Waals surface area contributed by atoms with Crippen molar-refractivity contribution in [2.45, 2.75) is 25.5 Å². The molecule has 0 radical (unpaired) electrons. The van der Waals surface area contributed by atoms with Crippen molar-refractivity contribution < 1.29 is 9.53 Å². The van der Waals surface area contributed by atoms with Crippen LogP contribution in [0.25, 0.3) is 17.0 Å². The molecule has 0 aliphatic carbocycles. The minimum absolute atomic E-state index is 0.0231. The smallest absolute Gasteiger partial charge is 0.262 e. The summed E-state index contributed by atoms with van der Waals surface area (Å²) in [5.41, 5.74) is 2.77. The molecule has 7 heteroatoms. The van der Waals surface area contributed by atoms with Crippen LogP contribution in [0.2, 0.25) is 10.0 Å². The Labute approximate surface area is 190 Å². The van der Waals surface area contributed by atoms with Gasteiger partial charge in [-0.15, -0.1) is 0 Å². The summed E-state index contributed by atoms with van der Waals surface area (Å²) in [5, 5.41) is 14.5. The number of para-hydroxylation sites is 1. The van der Waals surface area contributed by atoms with Gasteiger partial charge in [-0.25, -0.2) is 0 Å². The van der Waals surface area contributed by atoms with Crippen LogP contribution >= 0.6 is 23.2 Å². The summed E-state index contributed by atoms with van der Waals surface area (Å²) >= 11 is 12.4. The molecule has 4 rings (SSSR count). The number of carbonyl (C=O) groups is 1. The van der Waals surface area contributed by atoms with E-state index in [1.165, 1.54) is 0 Å². The monoisotopic (exact) mass is 453 g/mol. The molecule has 5 nitrogen and oxygen atoms in total. The van der Waals surface area contributed by atoms with E-state index in [2.05, 4.69) is 9.88 Å². The Balaban J connectivity index is 1.62. The first-order valence-corrected chi connectivity index (χ1v) is 10.8. The highest BCUT2D eigenvalue weighted by Gasteiger charge is 2.18. The number of aromatic nitrogens is 1. The van der Waals surface area contributed by atoms with Gasteiger partial charge in [-0.1, -0.05) is 47.5 Å². The number of hydrogen-bond donors (Lipinski definition) is 1. The SMILES string of the molecule is N#C/C(=C/c1cn(Cc2ccc(Cl)cc2Cl)c2ccccc12)C(=O)NCC1CCCO1. The van der Waals surface area contributed by atoms with E-state index in [1.807, 2.05) is 48.7 Å². The molecule has 1 aliphatic heterocycles. The van der Waals surface area contributed by atoms with E-state index in [0.717, 1.165) is 41.5 Å². The van der Waals surface area contributed by atoms with Gasteiger partial charge in [0.25, 0.3) is 5.91 Å². The van der Waals surface area contributed by atoms with E-state index in [1.54, 1.807) is 12.1 Å². The highest BCUT2D eigenvalue weighted by molar-refractivity contribution is 6.35. The summed E-state index contributed by atoms with van der Waals surface area (Å²) in [4.78, 5) is 12.6. The fraction of sp³-hybridized carbons (Fsp3) is 0.250. The largest absolute Gasteiger partial charge is 0.376 e. The van der Waals surface area contributed by atoms with Crippen LogP contribution in [0.3, 0.4) is 0 Å². The van der Waals surface area contributed by atoms with Crippen molar-refractivity contribution in [1.29, 1.82) is 5.26 Å². The molecule has 2 aromatic carbocycles. The number of nitrogens with zero attached hydrogens (tertiary/aromatic N) is 2. The third kappa shape index (κ3) is 4.94. The summed E-state index contributed by atoms with van der Waals surface area (Å²) in [6.07, 6.45) is 5.51. The fourth-order valence-corrected chi connectivity index (χ4v) is 4.23. The second-order valence-corrected chi connectivity index (χ2v) is 8.32. The number of benzene rings is 2. The van der Waals surface area contributed by atoms with E-state index in [-0.39, 0.29) is 11.7 Å². The molecule has 0 spiro atoms. The predicted octanol–water partition coefficient (Wildman–Crippen LogP) is 5.20. The molecule has 0 saturated carbocycles. The lowest BCUT2D eigenvalue weighted by Gasteiger charge is -2.10. The minimum Gasteiger partial charge on any atom is -0.376 e. The molecule has 3 aromatic rings. The zero-order valence-electron chi connectivity index (χ0n) is 16.8. The molecule has 158 valence electrons. The van der Waals surface area contributed by atoms with Crippen LogP contribution < -0.4 is 5.32 Å². The van der Waals surface area contributed by atoms with Gasteiger partial charge in [-0.2, -0.15) is 5.26 Å². The number of rotatable bonds is 6. The number of hydrogen-bond acceptors (Lipinski definition) is 3. The van der Waals surface area contributed by atoms with Gasteiger partial charge in [-0.05, 0) is 42.7 Å². The summed E-state index contributed by atoms with van der Waals surface area (Å²) in [5.74, 6) is -0.393. The first-order valence-electron chi connectivity index (χ1n) is 10.1. The maximum Gasteiger partial charge on any atom is 0.262 e. The lowest BCUT2D eigenvalue weighted by Crippen LogP contribution is -2.32. The van der Waals surface area contributed by atoms with E-state index >= 15 is 0 Å². The third-order valence-corrected chi connectivity index (χ3v) is 5.94. The zero-order valence-corrected chi connectivity index (χ0v) is 18.3. The Morgan fingerprint density at radius 1 is 1.29 bits per heavy atom. The molecule has 1 amide bonds. The Bertz CT molecular complexity index is 1190.